The number of fused-ring (bicyclic) bond motifs is 3. The van der Waals surface area contributed by atoms with Gasteiger partial charge in [0.2, 0.25) is 35.6 Å². The van der Waals surface area contributed by atoms with Crippen molar-refractivity contribution >= 4 is 127 Å². The molecule has 42 heteroatoms. The number of carbonyl (C=O) groups excluding carboxylic acids is 3. The third kappa shape index (κ3) is 19.3. The molecule has 0 radical (unpaired) electrons. The van der Waals surface area contributed by atoms with E-state index in [9.17, 15) is 39.0 Å². The van der Waals surface area contributed by atoms with E-state index in [2.05, 4.69) is 62.0 Å². The molecule has 12 fully saturated rings. The molecule has 24 rings (SSSR count). The second-order valence-corrected chi connectivity index (χ2v) is 42.4. The number of benzene rings is 3. The van der Waals surface area contributed by atoms with Crippen LogP contribution in [0.1, 0.15) is 174 Å². The highest BCUT2D eigenvalue weighted by atomic mass is 35.5. The number of piperazine rings is 6. The second kappa shape index (κ2) is 40.6. The number of nitrogens with one attached hydrogen (secondary N) is 2. The standard InChI is InChI=1S/C36H40ClFN10O2.C36H39ClFN9O3.C35H37ClFN9O3/c1-4-27(49)46-17-20(3)47(18-19(46)2)33-23-16-24(37)31(28-25(38)6-5-7-26(28)39)41-34(23)48(36(50)44-33)32-29(21-8-9-21)42-35(43-30(32)22-10-11-22)45-14-12-40-13-15-45;1-4-27(49)45-16-17-46(20(2)19-45)33-23-18-24(37)31(28-25(38)6-5-7-26(28)48)39-34(23)47(36(50)42-33)32-29(21-8-9-21)40-35(41-30(32)22-10-11-22)44-14-12-43(3)13-15-44;1-3-26(48)44-15-16-45(19(2)18-44)32-22-17-23(36)30(27-24(37)5-4-6-25(27)47)39-33(22)46(35(49)42-32)31-28(20-7-8-20)40-34(41-29(31)21-9-10-21)43-13-11-38-12-14-43/h4-7,16,19-22,40H,1,8-15,17-18,39H2,2-3H3;4-7,18,20-22,48H,1,8-17,19H2,2-3H3;3-6,17,19-21,38,47H,1,7-16,18H2,2H3/t19-,20+;20-;19-/m100/s1. The van der Waals surface area contributed by atoms with Gasteiger partial charge in [-0.15, -0.1) is 0 Å². The van der Waals surface area contributed by atoms with Crippen LogP contribution < -0.4 is 62.8 Å². The maximum absolute atomic E-state index is 15.5. The molecule has 6 aliphatic heterocycles. The highest BCUT2D eigenvalue weighted by Gasteiger charge is 2.46. The number of anilines is 7. The maximum atomic E-state index is 15.5. The van der Waals surface area contributed by atoms with E-state index in [4.69, 9.17) is 95.4 Å². The van der Waals surface area contributed by atoms with E-state index in [1.54, 1.807) is 39.0 Å². The zero-order chi connectivity index (χ0) is 104. The molecule has 3 aromatic carbocycles. The zero-order valence-corrected chi connectivity index (χ0v) is 85.8. The molecular weight excluding hydrogens is 1970 g/mol. The van der Waals surface area contributed by atoms with Gasteiger partial charge in [-0.1, -0.05) is 72.7 Å². The monoisotopic (exact) mass is 2080 g/mol. The van der Waals surface area contributed by atoms with Gasteiger partial charge >= 0.3 is 17.1 Å². The number of phenols is 2. The number of nitrogen functional groups attached to an aromatic ring is 1. The van der Waals surface area contributed by atoms with Gasteiger partial charge in [0.05, 0.1) is 116 Å². The van der Waals surface area contributed by atoms with Crippen molar-refractivity contribution in [2.24, 2.45) is 0 Å². The van der Waals surface area contributed by atoms with Crippen molar-refractivity contribution in [1.29, 1.82) is 0 Å². The van der Waals surface area contributed by atoms with E-state index in [0.29, 0.717) is 121 Å². The molecule has 6 saturated heterocycles. The van der Waals surface area contributed by atoms with Crippen molar-refractivity contribution in [1.82, 2.24) is 104 Å². The number of aromatic hydroxyl groups is 2. The number of pyridine rings is 3. The van der Waals surface area contributed by atoms with Crippen molar-refractivity contribution < 1.29 is 37.8 Å². The van der Waals surface area contributed by atoms with Crippen molar-refractivity contribution in [2.45, 2.75) is 164 Å². The zero-order valence-electron chi connectivity index (χ0n) is 83.6. The summed E-state index contributed by atoms with van der Waals surface area (Å²) in [6.07, 6.45) is 15.2. The molecule has 0 unspecified atom stereocenters. The number of amides is 3. The van der Waals surface area contributed by atoms with Crippen molar-refractivity contribution in [3.63, 3.8) is 0 Å². The number of hydrogen-bond donors (Lipinski definition) is 5. The molecule has 36 nitrogen and oxygen atoms in total. The second-order valence-electron chi connectivity index (χ2n) is 41.1. The fourth-order valence-corrected chi connectivity index (χ4v) is 22.3. The van der Waals surface area contributed by atoms with Crippen LogP contribution in [0.2, 0.25) is 15.1 Å². The molecular formula is C107H116Cl3F3N28O8. The van der Waals surface area contributed by atoms with Crippen LogP contribution >= 0.6 is 34.8 Å². The lowest BCUT2D eigenvalue weighted by molar-refractivity contribution is -0.129. The Bertz CT molecular complexity index is 7480. The van der Waals surface area contributed by atoms with Crippen molar-refractivity contribution in [3.8, 4) is 62.3 Å². The first-order valence-corrected chi connectivity index (χ1v) is 52.7. The number of aromatic nitrogens is 15. The number of halogens is 6. The third-order valence-corrected chi connectivity index (χ3v) is 31.3. The molecule has 149 heavy (non-hydrogen) atoms. The summed E-state index contributed by atoms with van der Waals surface area (Å²) >= 11 is 20.7. The number of likely N-dealkylation sites (N-methyl/N-ethyl adjacent to an activating group) is 1. The topological polar surface area (TPSA) is 395 Å². The number of nitrogens with two attached hydrogens (primary N) is 1. The van der Waals surface area contributed by atoms with Gasteiger partial charge in [-0.05, 0) is 185 Å². The Balaban J connectivity index is 0.000000127. The van der Waals surface area contributed by atoms with Crippen LogP contribution in [0.5, 0.6) is 11.5 Å². The summed E-state index contributed by atoms with van der Waals surface area (Å²) < 4.78 is 50.7. The maximum Gasteiger partial charge on any atom is 0.355 e. The molecule has 6 saturated carbocycles. The van der Waals surface area contributed by atoms with E-state index in [1.165, 1.54) is 80.5 Å². The molecule has 12 aromatic rings. The minimum atomic E-state index is -0.699. The summed E-state index contributed by atoms with van der Waals surface area (Å²) in [5, 5.41) is 30.2. The van der Waals surface area contributed by atoms with Crippen molar-refractivity contribution in [2.75, 3.05) is 173 Å². The van der Waals surface area contributed by atoms with Crippen LogP contribution in [-0.2, 0) is 14.4 Å². The van der Waals surface area contributed by atoms with Crippen LogP contribution in [0, 0.1) is 17.5 Å². The lowest BCUT2D eigenvalue weighted by Gasteiger charge is -2.44. The van der Waals surface area contributed by atoms with E-state index >= 15 is 13.2 Å². The fraction of sp³-hybridized carbons (Fsp3) is 0.439. The lowest BCUT2D eigenvalue weighted by atomic mass is 10.1. The molecule has 774 valence electrons. The Labute approximate surface area is 871 Å². The summed E-state index contributed by atoms with van der Waals surface area (Å²) in [7, 11) is 2.11. The molecule has 6 aliphatic carbocycles. The Morgan fingerprint density at radius 1 is 0.383 bits per heavy atom. The van der Waals surface area contributed by atoms with Gasteiger partial charge in [0.1, 0.15) is 46.4 Å². The number of phenolic OH excluding ortho intramolecular Hbond substituents is 2. The number of nitrogens with zero attached hydrogens (tertiary/aromatic N) is 25. The first-order chi connectivity index (χ1) is 72.0. The Morgan fingerprint density at radius 2 is 0.691 bits per heavy atom. The summed E-state index contributed by atoms with van der Waals surface area (Å²) in [4.78, 5) is 161. The van der Waals surface area contributed by atoms with Gasteiger partial charge in [-0.3, -0.25) is 14.4 Å². The summed E-state index contributed by atoms with van der Waals surface area (Å²) in [5.41, 5.74) is 12.0. The molecule has 4 atom stereocenters. The highest BCUT2D eigenvalue weighted by Crippen LogP contribution is 2.54. The Hall–Kier alpha value is -13.9. The van der Waals surface area contributed by atoms with E-state index in [0.717, 1.165) is 190 Å². The summed E-state index contributed by atoms with van der Waals surface area (Å²) in [6, 6.07) is 16.6. The van der Waals surface area contributed by atoms with E-state index in [-0.39, 0.29) is 160 Å². The molecule has 0 spiro atoms. The molecule has 12 aliphatic rings. The quantitative estimate of drug-likeness (QED) is 0.0329. The predicted octanol–water partition coefficient (Wildman–Crippen LogP) is 13.0. The van der Waals surface area contributed by atoms with E-state index < -0.39 is 34.5 Å². The number of rotatable bonds is 21. The van der Waals surface area contributed by atoms with Crippen molar-refractivity contribution in [3.05, 3.63) is 209 Å². The van der Waals surface area contributed by atoms with Gasteiger partial charge in [-0.2, -0.15) is 15.0 Å². The lowest BCUT2D eigenvalue weighted by Crippen LogP contribution is -2.58. The molecule has 9 aromatic heterocycles. The molecule has 3 amide bonds. The predicted molar refractivity (Wildman–Crippen MR) is 568 cm³/mol. The Morgan fingerprint density at radius 3 is 1.01 bits per heavy atom. The van der Waals surface area contributed by atoms with Crippen LogP contribution in [0.3, 0.4) is 0 Å². The number of hydrogen-bond acceptors (Lipinski definition) is 30. The van der Waals surface area contributed by atoms with Crippen LogP contribution in [0.25, 0.3) is 83.9 Å². The van der Waals surface area contributed by atoms with Crippen LogP contribution in [0.15, 0.2) is 125 Å². The average Bonchev–Trinajstić information content (AvgIpc) is 1.72. The largest absolute Gasteiger partial charge is 0.507 e. The smallest absolute Gasteiger partial charge is 0.355 e. The SMILES string of the molecule is C=CC(=O)N1CCN(c2nc(=O)n(-c3c(C4CC4)nc(N4CCN(C)CC4)nc3C3CC3)c3nc(-c4c(O)cccc4F)c(Cl)cc23)[C@@H](C)C1.C=CC(=O)N1CCN(c2nc(=O)n(-c3c(C4CC4)nc(N4CCNCC4)nc3C3CC3)c3nc(-c4c(O)cccc4F)c(Cl)cc23)[C@@H](C)C1.C=CC(=O)N1C[C@H](C)N(c2nc(=O)n(-c3c(C4CC4)nc(N4CCNCC4)nc3C3CC3)c3nc(-c4c(N)cccc4F)c(Cl)cc23)C[C@H]1C. The minimum Gasteiger partial charge on any atom is -0.507 e. The van der Waals surface area contributed by atoms with Gasteiger partial charge in [0.15, 0.2) is 16.9 Å². The van der Waals surface area contributed by atoms with Gasteiger partial charge in [0, 0.05) is 196 Å². The first-order valence-electron chi connectivity index (χ1n) is 51.6. The average molecular weight is 2090 g/mol. The summed E-state index contributed by atoms with van der Waals surface area (Å²) in [5.74, 6) is 1.00. The molecule has 6 N–H and O–H groups in total. The normalized spacial score (nSPS) is 20.4. The highest BCUT2D eigenvalue weighted by molar-refractivity contribution is 6.35. The van der Waals surface area contributed by atoms with Crippen LogP contribution in [0.4, 0.5) is 54.2 Å². The van der Waals surface area contributed by atoms with Gasteiger partial charge < -0.3 is 75.6 Å². The minimum absolute atomic E-state index is 0.00353. The molecule has 15 heterocycles. The number of carbonyl (C=O) groups is 3. The molecule has 0 bridgehead atoms. The van der Waals surface area contributed by atoms with Gasteiger partial charge in [0.25, 0.3) is 0 Å². The fourth-order valence-electron chi connectivity index (χ4n) is 21.6. The summed E-state index contributed by atoms with van der Waals surface area (Å²) in [6.45, 7) is 32.0. The van der Waals surface area contributed by atoms with Crippen LogP contribution in [-0.4, -0.2) is 283 Å². The Kier molecular flexibility index (Phi) is 27.1. The van der Waals surface area contributed by atoms with E-state index in [1.807, 2.05) is 42.4 Å². The first kappa shape index (κ1) is 99.7. The third-order valence-electron chi connectivity index (χ3n) is 30.5. The van der Waals surface area contributed by atoms with Gasteiger partial charge in [-0.25, -0.2) is 86.1 Å².